The van der Waals surface area contributed by atoms with E-state index in [0.717, 1.165) is 12.5 Å². The van der Waals surface area contributed by atoms with Crippen molar-refractivity contribution in [1.82, 2.24) is 4.90 Å². The van der Waals surface area contributed by atoms with Crippen LogP contribution in [0.4, 0.5) is 0 Å². The SMILES string of the molecule is CO[Si](C)(C)CCCN(CCCS(=O)(=O)O)CCCS(=O)(=O)O. The third kappa shape index (κ3) is 15.2. The minimum atomic E-state index is -3.99. The van der Waals surface area contributed by atoms with Crippen LogP contribution in [0.25, 0.3) is 0 Å². The van der Waals surface area contributed by atoms with Gasteiger partial charge >= 0.3 is 0 Å². The van der Waals surface area contributed by atoms with Crippen molar-refractivity contribution in [2.24, 2.45) is 0 Å². The summed E-state index contributed by atoms with van der Waals surface area (Å²) in [6.45, 7) is 5.79. The molecular formula is C12H29NO7S2Si. The molecule has 0 amide bonds. The molecule has 0 unspecified atom stereocenters. The molecule has 0 aliphatic rings. The number of hydrogen-bond acceptors (Lipinski definition) is 6. The predicted octanol–water partition coefficient (Wildman–Crippen LogP) is 1.09. The van der Waals surface area contributed by atoms with E-state index in [-0.39, 0.29) is 24.3 Å². The van der Waals surface area contributed by atoms with Crippen LogP contribution in [0.15, 0.2) is 0 Å². The molecule has 0 bridgehead atoms. The average Bonchev–Trinajstić information content (AvgIpc) is 2.35. The van der Waals surface area contributed by atoms with Gasteiger partial charge in [0.25, 0.3) is 20.2 Å². The summed E-state index contributed by atoms with van der Waals surface area (Å²) < 4.78 is 66.0. The van der Waals surface area contributed by atoms with Crippen LogP contribution in [0.3, 0.4) is 0 Å². The van der Waals surface area contributed by atoms with Gasteiger partial charge in [0.15, 0.2) is 8.32 Å². The van der Waals surface area contributed by atoms with Gasteiger partial charge in [0.1, 0.15) is 0 Å². The highest BCUT2D eigenvalue weighted by molar-refractivity contribution is 7.86. The van der Waals surface area contributed by atoms with Gasteiger partial charge in [0.2, 0.25) is 0 Å². The van der Waals surface area contributed by atoms with Crippen LogP contribution in [0.1, 0.15) is 19.3 Å². The maximum Gasteiger partial charge on any atom is 0.264 e. The molecule has 0 rings (SSSR count). The normalized spacial score (nSPS) is 13.7. The first-order valence-electron chi connectivity index (χ1n) is 7.52. The van der Waals surface area contributed by atoms with E-state index in [1.165, 1.54) is 0 Å². The Morgan fingerprint density at radius 2 is 1.26 bits per heavy atom. The number of rotatable bonds is 13. The Labute approximate surface area is 140 Å². The molecule has 0 heterocycles. The molecule has 0 aliphatic carbocycles. The van der Waals surface area contributed by atoms with Gasteiger partial charge in [-0.2, -0.15) is 16.8 Å². The largest absolute Gasteiger partial charge is 0.420 e. The summed E-state index contributed by atoms with van der Waals surface area (Å²) in [7, 11) is -7.94. The molecule has 0 saturated heterocycles. The van der Waals surface area contributed by atoms with Gasteiger partial charge in [0, 0.05) is 7.11 Å². The lowest BCUT2D eigenvalue weighted by Gasteiger charge is -2.25. The van der Waals surface area contributed by atoms with Crippen LogP contribution in [-0.2, 0) is 24.7 Å². The fraction of sp³-hybridized carbons (Fsp3) is 1.00. The summed E-state index contributed by atoms with van der Waals surface area (Å²) in [6.07, 6.45) is 1.41. The van der Waals surface area contributed by atoms with Gasteiger partial charge < -0.3 is 9.33 Å². The molecule has 0 saturated carbocycles. The molecule has 2 N–H and O–H groups in total. The van der Waals surface area contributed by atoms with E-state index >= 15 is 0 Å². The van der Waals surface area contributed by atoms with Crippen molar-refractivity contribution in [1.29, 1.82) is 0 Å². The molecule has 0 fully saturated rings. The third-order valence-corrected chi connectivity index (χ3v) is 7.83. The smallest absolute Gasteiger partial charge is 0.264 e. The molecule has 0 radical (unpaired) electrons. The zero-order valence-electron chi connectivity index (χ0n) is 14.1. The maximum absolute atomic E-state index is 10.8. The Morgan fingerprint density at radius 3 is 1.61 bits per heavy atom. The van der Waals surface area contributed by atoms with Crippen LogP contribution < -0.4 is 0 Å². The van der Waals surface area contributed by atoms with Gasteiger partial charge in [-0.05, 0) is 58.0 Å². The fourth-order valence-electron chi connectivity index (χ4n) is 2.11. The van der Waals surface area contributed by atoms with Gasteiger partial charge in [-0.25, -0.2) is 0 Å². The fourth-order valence-corrected chi connectivity index (χ4v) is 4.31. The highest BCUT2D eigenvalue weighted by Crippen LogP contribution is 2.13. The zero-order valence-corrected chi connectivity index (χ0v) is 16.7. The maximum atomic E-state index is 10.8. The van der Waals surface area contributed by atoms with Crippen LogP contribution in [0, 0.1) is 0 Å². The zero-order chi connectivity index (χ0) is 18.1. The summed E-state index contributed by atoms with van der Waals surface area (Å²) in [5.74, 6) is -0.639. The molecule has 11 heteroatoms. The molecular weight excluding hydrogens is 362 g/mol. The first-order chi connectivity index (χ1) is 10.3. The van der Waals surface area contributed by atoms with Crippen LogP contribution in [0.2, 0.25) is 19.1 Å². The number of hydrogen-bond donors (Lipinski definition) is 2. The molecule has 140 valence electrons. The highest BCUT2D eigenvalue weighted by Gasteiger charge is 2.20. The van der Waals surface area contributed by atoms with E-state index in [4.69, 9.17) is 13.5 Å². The van der Waals surface area contributed by atoms with Crippen molar-refractivity contribution >= 4 is 28.6 Å². The standard InChI is InChI=1S/C12H29NO7S2Si/c1-20-23(2,3)12-6-9-13(7-4-10-21(14,15)16)8-5-11-22(17,18)19/h4-12H2,1-3H3,(H,14,15,16)(H,17,18,19). The second-order valence-electron chi connectivity index (χ2n) is 6.19. The van der Waals surface area contributed by atoms with Crippen molar-refractivity contribution in [3.8, 4) is 0 Å². The molecule has 0 aromatic rings. The van der Waals surface area contributed by atoms with Crippen LogP contribution in [0.5, 0.6) is 0 Å². The Bertz CT molecular complexity index is 496. The van der Waals surface area contributed by atoms with Gasteiger partial charge in [0.05, 0.1) is 11.5 Å². The molecule has 8 nitrogen and oxygen atoms in total. The average molecular weight is 392 g/mol. The Kier molecular flexibility index (Phi) is 10.0. The third-order valence-electron chi connectivity index (χ3n) is 3.56. The Hall–Kier alpha value is -0.0431. The second-order valence-corrected chi connectivity index (χ2v) is 13.8. The molecule has 23 heavy (non-hydrogen) atoms. The summed E-state index contributed by atoms with van der Waals surface area (Å²) in [4.78, 5) is 1.95. The van der Waals surface area contributed by atoms with Gasteiger partial charge in [-0.1, -0.05) is 0 Å². The first-order valence-corrected chi connectivity index (χ1v) is 13.9. The molecule has 0 aromatic heterocycles. The summed E-state index contributed by atoms with van der Waals surface area (Å²) in [6, 6.07) is 0.941. The monoisotopic (exact) mass is 391 g/mol. The minimum absolute atomic E-state index is 0.274. The first kappa shape index (κ1) is 23.0. The lowest BCUT2D eigenvalue weighted by molar-refractivity contribution is 0.272. The van der Waals surface area contributed by atoms with Crippen molar-refractivity contribution in [2.45, 2.75) is 38.4 Å². The Morgan fingerprint density at radius 1 is 0.870 bits per heavy atom. The highest BCUT2D eigenvalue weighted by atomic mass is 32.2. The van der Waals surface area contributed by atoms with Crippen molar-refractivity contribution in [2.75, 3.05) is 38.2 Å². The summed E-state index contributed by atoms with van der Waals surface area (Å²) in [5, 5.41) is 0. The number of nitrogens with zero attached hydrogens (tertiary/aromatic N) is 1. The quantitative estimate of drug-likeness (QED) is 0.353. The van der Waals surface area contributed by atoms with Crippen LogP contribution >= 0.6 is 0 Å². The topological polar surface area (TPSA) is 121 Å². The molecule has 0 aromatic carbocycles. The van der Waals surface area contributed by atoms with E-state index in [0.29, 0.717) is 19.6 Å². The molecule has 0 aliphatic heterocycles. The van der Waals surface area contributed by atoms with E-state index in [1.54, 1.807) is 7.11 Å². The lowest BCUT2D eigenvalue weighted by atomic mass is 10.3. The van der Waals surface area contributed by atoms with Crippen LogP contribution in [-0.4, -0.2) is 77.4 Å². The van der Waals surface area contributed by atoms with Crippen molar-refractivity contribution < 1.29 is 30.4 Å². The Balaban J connectivity index is 4.36. The second kappa shape index (κ2) is 10.1. The molecule has 0 spiro atoms. The lowest BCUT2D eigenvalue weighted by Crippen LogP contribution is -2.33. The van der Waals surface area contributed by atoms with E-state index in [2.05, 4.69) is 13.1 Å². The van der Waals surface area contributed by atoms with E-state index < -0.39 is 28.6 Å². The van der Waals surface area contributed by atoms with Crippen molar-refractivity contribution in [3.63, 3.8) is 0 Å². The molecule has 0 atom stereocenters. The van der Waals surface area contributed by atoms with Gasteiger partial charge in [-0.3, -0.25) is 9.11 Å². The predicted molar refractivity (Wildman–Crippen MR) is 92.4 cm³/mol. The summed E-state index contributed by atoms with van der Waals surface area (Å²) >= 11 is 0. The van der Waals surface area contributed by atoms with Gasteiger partial charge in [-0.15, -0.1) is 0 Å². The van der Waals surface area contributed by atoms with E-state index in [9.17, 15) is 16.8 Å². The minimum Gasteiger partial charge on any atom is -0.420 e. The van der Waals surface area contributed by atoms with E-state index in [1.807, 2.05) is 4.90 Å². The van der Waals surface area contributed by atoms with Crippen molar-refractivity contribution in [3.05, 3.63) is 0 Å². The summed E-state index contributed by atoms with van der Waals surface area (Å²) in [5.41, 5.74) is 0.